The summed E-state index contributed by atoms with van der Waals surface area (Å²) in [5, 5.41) is 7.07. The van der Waals surface area contributed by atoms with Crippen LogP contribution >= 0.6 is 0 Å². The second-order valence-corrected chi connectivity index (χ2v) is 6.52. The summed E-state index contributed by atoms with van der Waals surface area (Å²) in [5.41, 5.74) is -0.492. The van der Waals surface area contributed by atoms with Crippen LogP contribution in [0.2, 0.25) is 0 Å². The van der Waals surface area contributed by atoms with Crippen LogP contribution in [0, 0.1) is 13.8 Å². The molecule has 0 aliphatic carbocycles. The number of hydrogen-bond donors (Lipinski definition) is 0. The van der Waals surface area contributed by atoms with Crippen molar-refractivity contribution in [3.05, 3.63) is 52.1 Å². The molecule has 0 bridgehead atoms. The quantitative estimate of drug-likeness (QED) is 0.437. The molecule has 0 amide bonds. The van der Waals surface area contributed by atoms with Crippen LogP contribution in [0.1, 0.15) is 66.9 Å². The number of hydrogen-bond acceptors (Lipinski definition) is 13. The molecule has 13 heteroatoms. The van der Waals surface area contributed by atoms with E-state index in [0.29, 0.717) is 0 Å². The zero-order valence-corrected chi connectivity index (χ0v) is 18.6. The summed E-state index contributed by atoms with van der Waals surface area (Å²) in [4.78, 5) is 52.5. The predicted molar refractivity (Wildman–Crippen MR) is 109 cm³/mol. The van der Waals surface area contributed by atoms with E-state index >= 15 is 0 Å². The lowest BCUT2D eigenvalue weighted by molar-refractivity contribution is 0.0503. The Bertz CT molecular complexity index is 1150. The van der Waals surface area contributed by atoms with Crippen LogP contribution in [0.4, 0.5) is 0 Å². The molecule has 0 radical (unpaired) electrons. The smallest absolute Gasteiger partial charge is 0.364 e. The largest absolute Gasteiger partial charge is 0.461 e. The van der Waals surface area contributed by atoms with Gasteiger partial charge in [0.1, 0.15) is 11.4 Å². The topological polar surface area (TPSA) is 170 Å². The van der Waals surface area contributed by atoms with Crippen LogP contribution in [-0.4, -0.2) is 52.4 Å². The number of pyridine rings is 1. The first-order valence-corrected chi connectivity index (χ1v) is 9.94. The van der Waals surface area contributed by atoms with Gasteiger partial charge >= 0.3 is 35.8 Å². The average Bonchev–Trinajstić information content (AvgIpc) is 3.36. The zero-order valence-electron chi connectivity index (χ0n) is 18.6. The second kappa shape index (κ2) is 10.4. The monoisotopic (exact) mass is 473 g/mol. The van der Waals surface area contributed by atoms with E-state index in [4.69, 9.17) is 28.0 Å². The maximum atomic E-state index is 12.5. The highest BCUT2D eigenvalue weighted by atomic mass is 16.7. The normalized spacial score (nSPS) is 10.5. The minimum absolute atomic E-state index is 0.130. The van der Waals surface area contributed by atoms with E-state index in [2.05, 4.69) is 15.3 Å². The molecule has 0 fully saturated rings. The maximum absolute atomic E-state index is 12.5. The summed E-state index contributed by atoms with van der Waals surface area (Å²) < 4.78 is 29.6. The number of esters is 4. The molecule has 13 nitrogen and oxygen atoms in total. The van der Waals surface area contributed by atoms with E-state index < -0.39 is 23.9 Å². The summed E-state index contributed by atoms with van der Waals surface area (Å²) >= 11 is 0. The van der Waals surface area contributed by atoms with E-state index in [1.165, 1.54) is 32.0 Å². The lowest BCUT2D eigenvalue weighted by atomic mass is 10.2. The van der Waals surface area contributed by atoms with E-state index in [1.807, 2.05) is 0 Å². The molecule has 0 aliphatic rings. The standard InChI is InChI=1S/C21H19N3O10/c1-5-29-18(27)14-10(3)20(33-23-14)31-16(25)12-8-7-9-13(22-12)17(26)32-21-11(4)15(24-34-21)19(28)30-6-2/h7-9H,5-6H2,1-4H3. The fraction of sp³-hybridized carbons (Fsp3) is 0.286. The zero-order chi connectivity index (χ0) is 24.8. The van der Waals surface area contributed by atoms with E-state index in [1.54, 1.807) is 13.8 Å². The molecule has 0 spiro atoms. The van der Waals surface area contributed by atoms with Crippen LogP contribution in [0.3, 0.4) is 0 Å². The molecule has 3 aromatic heterocycles. The number of nitrogens with zero attached hydrogens (tertiary/aromatic N) is 3. The van der Waals surface area contributed by atoms with Crippen molar-refractivity contribution in [1.29, 1.82) is 0 Å². The van der Waals surface area contributed by atoms with Crippen molar-refractivity contribution in [2.24, 2.45) is 0 Å². The molecule has 0 unspecified atom stereocenters. The van der Waals surface area contributed by atoms with Crippen molar-refractivity contribution in [3.8, 4) is 11.9 Å². The Labute approximate surface area is 191 Å². The SMILES string of the molecule is CCOC(=O)c1noc(OC(=O)c2cccc(C(=O)Oc3onc(C(=O)OCC)c3C)n2)c1C. The molecule has 3 aromatic rings. The van der Waals surface area contributed by atoms with Crippen LogP contribution in [0.5, 0.6) is 11.9 Å². The number of carbonyl (C=O) groups excluding carboxylic acids is 4. The first-order chi connectivity index (χ1) is 16.3. The molecule has 0 aromatic carbocycles. The number of ether oxygens (including phenoxy) is 4. The minimum atomic E-state index is -0.982. The number of rotatable bonds is 8. The van der Waals surface area contributed by atoms with Gasteiger partial charge in [0.15, 0.2) is 11.4 Å². The molecule has 3 rings (SSSR count). The van der Waals surface area contributed by atoms with Gasteiger partial charge in [-0.25, -0.2) is 24.2 Å². The van der Waals surface area contributed by atoms with Gasteiger partial charge in [0.05, 0.1) is 24.3 Å². The van der Waals surface area contributed by atoms with E-state index in [-0.39, 0.29) is 59.0 Å². The highest BCUT2D eigenvalue weighted by Crippen LogP contribution is 2.24. The van der Waals surface area contributed by atoms with Crippen molar-refractivity contribution >= 4 is 23.9 Å². The summed E-state index contributed by atoms with van der Waals surface area (Å²) in [6.07, 6.45) is 0. The van der Waals surface area contributed by atoms with Gasteiger partial charge in [-0.1, -0.05) is 16.4 Å². The third kappa shape index (κ3) is 5.09. The van der Waals surface area contributed by atoms with Gasteiger partial charge in [0.2, 0.25) is 0 Å². The Hall–Kier alpha value is -4.55. The number of carbonyl (C=O) groups is 4. The molecule has 0 atom stereocenters. The Morgan fingerprint density at radius 3 is 1.53 bits per heavy atom. The Morgan fingerprint density at radius 1 is 0.735 bits per heavy atom. The third-order valence-electron chi connectivity index (χ3n) is 4.24. The average molecular weight is 473 g/mol. The van der Waals surface area contributed by atoms with Crippen molar-refractivity contribution in [3.63, 3.8) is 0 Å². The van der Waals surface area contributed by atoms with E-state index in [9.17, 15) is 19.2 Å². The van der Waals surface area contributed by atoms with Crippen LogP contribution < -0.4 is 9.47 Å². The Balaban J connectivity index is 1.73. The van der Waals surface area contributed by atoms with Gasteiger partial charge in [-0.15, -0.1) is 0 Å². The Kier molecular flexibility index (Phi) is 7.36. The van der Waals surface area contributed by atoms with Gasteiger partial charge in [-0.2, -0.15) is 0 Å². The van der Waals surface area contributed by atoms with Gasteiger partial charge in [-0.05, 0) is 39.8 Å². The summed E-state index contributed by atoms with van der Waals surface area (Å²) in [6, 6.07) is 3.94. The highest BCUT2D eigenvalue weighted by molar-refractivity contribution is 5.94. The maximum Gasteiger partial charge on any atom is 0.364 e. The molecule has 3 heterocycles. The molecule has 34 heavy (non-hydrogen) atoms. The summed E-state index contributed by atoms with van der Waals surface area (Å²) in [5.74, 6) is -4.08. The molecule has 0 saturated carbocycles. The van der Waals surface area contributed by atoms with Gasteiger partial charge < -0.3 is 28.0 Å². The van der Waals surface area contributed by atoms with Crippen molar-refractivity contribution < 1.29 is 47.2 Å². The lowest BCUT2D eigenvalue weighted by Gasteiger charge is -2.04. The van der Waals surface area contributed by atoms with Crippen molar-refractivity contribution in [2.75, 3.05) is 13.2 Å². The molecule has 0 saturated heterocycles. The first kappa shape index (κ1) is 24.1. The summed E-state index contributed by atoms with van der Waals surface area (Å²) in [7, 11) is 0. The van der Waals surface area contributed by atoms with Crippen LogP contribution in [-0.2, 0) is 9.47 Å². The number of aromatic nitrogens is 3. The van der Waals surface area contributed by atoms with E-state index in [0.717, 1.165) is 0 Å². The molecule has 0 aliphatic heterocycles. The van der Waals surface area contributed by atoms with Crippen molar-refractivity contribution in [2.45, 2.75) is 27.7 Å². The third-order valence-corrected chi connectivity index (χ3v) is 4.24. The fourth-order valence-corrected chi connectivity index (χ4v) is 2.55. The molecular formula is C21H19N3O10. The minimum Gasteiger partial charge on any atom is -0.461 e. The lowest BCUT2D eigenvalue weighted by Crippen LogP contribution is -2.16. The summed E-state index contributed by atoms with van der Waals surface area (Å²) in [6.45, 7) is 6.42. The Morgan fingerprint density at radius 2 is 1.15 bits per heavy atom. The predicted octanol–water partition coefficient (Wildman–Crippen LogP) is 2.47. The van der Waals surface area contributed by atoms with Crippen LogP contribution in [0.25, 0.3) is 0 Å². The molecule has 178 valence electrons. The van der Waals surface area contributed by atoms with Gasteiger partial charge in [0.25, 0.3) is 0 Å². The highest BCUT2D eigenvalue weighted by Gasteiger charge is 2.26. The fourth-order valence-electron chi connectivity index (χ4n) is 2.55. The van der Waals surface area contributed by atoms with Crippen molar-refractivity contribution in [1.82, 2.24) is 15.3 Å². The first-order valence-electron chi connectivity index (χ1n) is 9.94. The molecular weight excluding hydrogens is 454 g/mol. The second-order valence-electron chi connectivity index (χ2n) is 6.52. The van der Waals surface area contributed by atoms with Gasteiger partial charge in [0, 0.05) is 0 Å². The van der Waals surface area contributed by atoms with Gasteiger partial charge in [-0.3, -0.25) is 0 Å². The van der Waals surface area contributed by atoms with Crippen LogP contribution in [0.15, 0.2) is 27.2 Å². The molecule has 0 N–H and O–H groups in total.